The van der Waals surface area contributed by atoms with Gasteiger partial charge in [0.25, 0.3) is 0 Å². The summed E-state index contributed by atoms with van der Waals surface area (Å²) in [5, 5.41) is 0. The molecule has 1 aliphatic rings. The molecule has 1 saturated heterocycles. The number of carbonyl (C=O) groups is 2. The number of hydrogen-bond acceptors (Lipinski definition) is 5. The van der Waals surface area contributed by atoms with Crippen LogP contribution in [0.2, 0.25) is 0 Å². The van der Waals surface area contributed by atoms with Crippen LogP contribution in [0.15, 0.2) is 83.8 Å². The highest BCUT2D eigenvalue weighted by Gasteiger charge is 2.39. The van der Waals surface area contributed by atoms with E-state index in [0.29, 0.717) is 12.0 Å². The van der Waals surface area contributed by atoms with E-state index in [0.717, 1.165) is 16.0 Å². The van der Waals surface area contributed by atoms with Crippen molar-refractivity contribution >= 4 is 22.0 Å². The quantitative estimate of drug-likeness (QED) is 0.506. The average molecular weight is 497 g/mol. The summed E-state index contributed by atoms with van der Waals surface area (Å²) in [4.78, 5) is 26.8. The van der Waals surface area contributed by atoms with Crippen LogP contribution >= 0.6 is 0 Å². The van der Waals surface area contributed by atoms with Crippen LogP contribution in [0.3, 0.4) is 0 Å². The lowest BCUT2D eigenvalue weighted by atomic mass is 10.0. The number of hydrogen-bond donors (Lipinski definition) is 1. The summed E-state index contributed by atoms with van der Waals surface area (Å²) < 4.78 is 47.3. The standard InChI is InChI=1S/C26H25FN2O5S/c1-18-7-13-23(14-8-18)35(32,33)28-24(20-9-11-21(27)12-10-20)16-25(30)29-22(17-34-26(29)31)15-19-5-3-2-4-6-19/h2-14,22,24,28H,15-17H2,1H3/t22-,24-/m0/s1. The smallest absolute Gasteiger partial charge is 0.416 e. The summed E-state index contributed by atoms with van der Waals surface area (Å²) in [6, 6.07) is 19.3. The highest BCUT2D eigenvalue weighted by Crippen LogP contribution is 2.25. The summed E-state index contributed by atoms with van der Waals surface area (Å²) in [5.41, 5.74) is 2.22. The lowest BCUT2D eigenvalue weighted by molar-refractivity contribution is -0.129. The molecule has 7 nitrogen and oxygen atoms in total. The second kappa shape index (κ2) is 10.4. The topological polar surface area (TPSA) is 92.8 Å². The fourth-order valence-electron chi connectivity index (χ4n) is 3.97. The molecule has 1 heterocycles. The Morgan fingerprint density at radius 2 is 1.71 bits per heavy atom. The second-order valence-corrected chi connectivity index (χ2v) is 10.1. The molecule has 182 valence electrons. The number of halogens is 1. The lowest BCUT2D eigenvalue weighted by Crippen LogP contribution is -2.42. The molecule has 1 N–H and O–H groups in total. The average Bonchev–Trinajstić information content (AvgIpc) is 3.19. The Hall–Kier alpha value is -3.56. The van der Waals surface area contributed by atoms with E-state index in [4.69, 9.17) is 4.74 Å². The fraction of sp³-hybridized carbons (Fsp3) is 0.231. The van der Waals surface area contributed by atoms with Crippen LogP contribution < -0.4 is 4.72 Å². The number of cyclic esters (lactones) is 1. The zero-order chi connectivity index (χ0) is 25.0. The SMILES string of the molecule is Cc1ccc(S(=O)(=O)N[C@@H](CC(=O)N2C(=O)OC[C@@H]2Cc2ccccc2)c2ccc(F)cc2)cc1. The minimum Gasteiger partial charge on any atom is -0.447 e. The third-order valence-corrected chi connectivity index (χ3v) is 7.31. The summed E-state index contributed by atoms with van der Waals surface area (Å²) in [6.07, 6.45) is -0.707. The Morgan fingerprint density at radius 3 is 2.37 bits per heavy atom. The van der Waals surface area contributed by atoms with E-state index in [9.17, 15) is 22.4 Å². The van der Waals surface area contributed by atoms with Crippen molar-refractivity contribution in [3.63, 3.8) is 0 Å². The first kappa shape index (κ1) is 24.6. The van der Waals surface area contributed by atoms with Gasteiger partial charge in [0.05, 0.1) is 17.0 Å². The fourth-order valence-corrected chi connectivity index (χ4v) is 5.20. The number of aryl methyl sites for hydroxylation is 1. The monoisotopic (exact) mass is 496 g/mol. The Morgan fingerprint density at radius 1 is 1.06 bits per heavy atom. The molecule has 4 rings (SSSR count). The van der Waals surface area contributed by atoms with Gasteiger partial charge in [0, 0.05) is 6.42 Å². The van der Waals surface area contributed by atoms with E-state index in [1.165, 1.54) is 36.4 Å². The largest absolute Gasteiger partial charge is 0.447 e. The minimum atomic E-state index is -4.01. The van der Waals surface area contributed by atoms with Crippen LogP contribution in [0.1, 0.15) is 29.2 Å². The summed E-state index contributed by atoms with van der Waals surface area (Å²) in [5.74, 6) is -1.08. The predicted octanol–water partition coefficient (Wildman–Crippen LogP) is 4.13. The molecule has 3 aromatic rings. The van der Waals surface area contributed by atoms with Crippen LogP contribution in [-0.4, -0.2) is 38.0 Å². The maximum absolute atomic E-state index is 13.5. The first-order valence-electron chi connectivity index (χ1n) is 11.1. The van der Waals surface area contributed by atoms with Gasteiger partial charge >= 0.3 is 6.09 Å². The number of benzene rings is 3. The number of ether oxygens (including phenoxy) is 1. The number of amides is 2. The van der Waals surface area contributed by atoms with Crippen molar-refractivity contribution in [2.45, 2.75) is 36.7 Å². The highest BCUT2D eigenvalue weighted by atomic mass is 32.2. The Balaban J connectivity index is 1.58. The van der Waals surface area contributed by atoms with Gasteiger partial charge in [-0.15, -0.1) is 0 Å². The van der Waals surface area contributed by atoms with Gasteiger partial charge in [0.15, 0.2) is 0 Å². The van der Waals surface area contributed by atoms with Gasteiger partial charge in [0.2, 0.25) is 15.9 Å². The van der Waals surface area contributed by atoms with Crippen molar-refractivity contribution in [1.82, 2.24) is 9.62 Å². The Bertz CT molecular complexity index is 1300. The van der Waals surface area contributed by atoms with E-state index in [2.05, 4.69) is 4.72 Å². The molecule has 2 atom stereocenters. The van der Waals surface area contributed by atoms with Gasteiger partial charge < -0.3 is 4.74 Å². The van der Waals surface area contributed by atoms with Crippen LogP contribution in [0.4, 0.5) is 9.18 Å². The lowest BCUT2D eigenvalue weighted by Gasteiger charge is -2.24. The molecule has 1 aliphatic heterocycles. The molecule has 0 aromatic heterocycles. The molecule has 35 heavy (non-hydrogen) atoms. The molecule has 0 saturated carbocycles. The molecular weight excluding hydrogens is 471 g/mol. The van der Waals surface area contributed by atoms with Crippen molar-refractivity contribution in [2.75, 3.05) is 6.61 Å². The van der Waals surface area contributed by atoms with Crippen LogP contribution in [0, 0.1) is 12.7 Å². The molecule has 3 aromatic carbocycles. The Labute approximate surface area is 203 Å². The molecule has 0 bridgehead atoms. The van der Waals surface area contributed by atoms with Crippen LogP contribution in [-0.2, 0) is 26.0 Å². The minimum absolute atomic E-state index is 0.0326. The van der Waals surface area contributed by atoms with Gasteiger partial charge in [-0.05, 0) is 48.7 Å². The van der Waals surface area contributed by atoms with Crippen LogP contribution in [0.25, 0.3) is 0 Å². The third-order valence-electron chi connectivity index (χ3n) is 5.82. The second-order valence-electron chi connectivity index (χ2n) is 8.43. The maximum Gasteiger partial charge on any atom is 0.416 e. The molecule has 0 radical (unpaired) electrons. The summed E-state index contributed by atoms with van der Waals surface area (Å²) >= 11 is 0. The van der Waals surface area contributed by atoms with Gasteiger partial charge in [0.1, 0.15) is 12.4 Å². The van der Waals surface area contributed by atoms with E-state index < -0.39 is 39.9 Å². The van der Waals surface area contributed by atoms with Crippen molar-refractivity contribution in [2.24, 2.45) is 0 Å². The zero-order valence-electron chi connectivity index (χ0n) is 19.1. The van der Waals surface area contributed by atoms with Crippen molar-refractivity contribution in [3.05, 3.63) is 101 Å². The molecule has 2 amide bonds. The van der Waals surface area contributed by atoms with Gasteiger partial charge in [-0.1, -0.05) is 60.2 Å². The maximum atomic E-state index is 13.5. The van der Waals surface area contributed by atoms with E-state index >= 15 is 0 Å². The van der Waals surface area contributed by atoms with Crippen LogP contribution in [0.5, 0.6) is 0 Å². The molecule has 0 unspecified atom stereocenters. The predicted molar refractivity (Wildman–Crippen MR) is 127 cm³/mol. The van der Waals surface area contributed by atoms with Crippen molar-refractivity contribution < 1.29 is 27.1 Å². The number of sulfonamides is 1. The molecule has 0 spiro atoms. The summed E-state index contributed by atoms with van der Waals surface area (Å²) in [7, 11) is -4.01. The first-order chi connectivity index (χ1) is 16.7. The van der Waals surface area contributed by atoms with E-state index in [1.54, 1.807) is 12.1 Å². The molecular formula is C26H25FN2O5S. The highest BCUT2D eigenvalue weighted by molar-refractivity contribution is 7.89. The number of imide groups is 1. The molecule has 0 aliphatic carbocycles. The first-order valence-corrected chi connectivity index (χ1v) is 12.6. The number of rotatable bonds is 8. The third kappa shape index (κ3) is 5.93. The van der Waals surface area contributed by atoms with Crippen molar-refractivity contribution in [1.29, 1.82) is 0 Å². The number of carbonyl (C=O) groups excluding carboxylic acids is 2. The van der Waals surface area contributed by atoms with Gasteiger partial charge in [-0.3, -0.25) is 4.79 Å². The molecule has 1 fully saturated rings. The number of nitrogens with one attached hydrogen (secondary N) is 1. The van der Waals surface area contributed by atoms with Gasteiger partial charge in [-0.2, -0.15) is 0 Å². The summed E-state index contributed by atoms with van der Waals surface area (Å²) in [6.45, 7) is 1.89. The molecule has 9 heteroatoms. The van der Waals surface area contributed by atoms with E-state index in [1.807, 2.05) is 37.3 Å². The Kier molecular flexibility index (Phi) is 7.28. The van der Waals surface area contributed by atoms with E-state index in [-0.39, 0.29) is 17.9 Å². The normalized spacial score (nSPS) is 16.7. The number of nitrogens with zero attached hydrogens (tertiary/aromatic N) is 1. The van der Waals surface area contributed by atoms with Gasteiger partial charge in [-0.25, -0.2) is 27.2 Å². The van der Waals surface area contributed by atoms with Crippen molar-refractivity contribution in [3.8, 4) is 0 Å². The zero-order valence-corrected chi connectivity index (χ0v) is 19.9.